The Bertz CT molecular complexity index is 454. The van der Waals surface area contributed by atoms with Crippen LogP contribution in [0, 0.1) is 11.7 Å². The molecule has 1 fully saturated rings. The van der Waals surface area contributed by atoms with Crippen LogP contribution < -0.4 is 4.90 Å². The van der Waals surface area contributed by atoms with Crippen LogP contribution in [0.25, 0.3) is 0 Å². The number of carbonyl (C=O) groups excluding carboxylic acids is 1. The van der Waals surface area contributed by atoms with Crippen molar-refractivity contribution in [2.24, 2.45) is 5.92 Å². The van der Waals surface area contributed by atoms with Crippen molar-refractivity contribution in [2.45, 2.75) is 19.3 Å². The zero-order valence-electron chi connectivity index (χ0n) is 9.80. The normalized spacial score (nSPS) is 14.3. The molecule has 5 heteroatoms. The Morgan fingerprint density at radius 2 is 1.89 bits per heavy atom. The summed E-state index contributed by atoms with van der Waals surface area (Å²) >= 11 is 0. The van der Waals surface area contributed by atoms with Crippen molar-refractivity contribution in [2.75, 3.05) is 11.4 Å². The summed E-state index contributed by atoms with van der Waals surface area (Å²) in [5.41, 5.74) is 0.551. The number of benzene rings is 1. The van der Waals surface area contributed by atoms with Crippen molar-refractivity contribution in [1.82, 2.24) is 0 Å². The van der Waals surface area contributed by atoms with Gasteiger partial charge in [0.2, 0.25) is 5.91 Å². The lowest BCUT2D eigenvalue weighted by Crippen LogP contribution is -2.34. The maximum absolute atomic E-state index is 12.8. The minimum Gasteiger partial charge on any atom is -0.481 e. The van der Waals surface area contributed by atoms with Crippen LogP contribution in [-0.2, 0) is 9.59 Å². The molecular weight excluding hydrogens is 237 g/mol. The van der Waals surface area contributed by atoms with Crippen LogP contribution in [0.1, 0.15) is 19.3 Å². The molecule has 96 valence electrons. The number of nitrogens with zero attached hydrogens (tertiary/aromatic N) is 1. The van der Waals surface area contributed by atoms with Gasteiger partial charge in [0.1, 0.15) is 5.82 Å². The second-order valence-electron chi connectivity index (χ2n) is 4.38. The van der Waals surface area contributed by atoms with E-state index in [4.69, 9.17) is 5.11 Å². The average molecular weight is 251 g/mol. The first kappa shape index (κ1) is 12.5. The van der Waals surface area contributed by atoms with Gasteiger partial charge in [0, 0.05) is 18.2 Å². The molecule has 1 aromatic rings. The van der Waals surface area contributed by atoms with Crippen molar-refractivity contribution >= 4 is 17.6 Å². The lowest BCUT2D eigenvalue weighted by atomic mass is 10.2. The molecule has 0 heterocycles. The standard InChI is InChI=1S/C13H14FNO3/c14-10-3-5-11(6-4-10)15(8-7-12(16)17)13(18)9-1-2-9/h3-6,9H,1-2,7-8H2,(H,16,17). The fraction of sp³-hybridized carbons (Fsp3) is 0.385. The van der Waals surface area contributed by atoms with Gasteiger partial charge in [-0.15, -0.1) is 0 Å². The van der Waals surface area contributed by atoms with Crippen LogP contribution in [0.2, 0.25) is 0 Å². The van der Waals surface area contributed by atoms with Gasteiger partial charge >= 0.3 is 5.97 Å². The molecular formula is C13H14FNO3. The van der Waals surface area contributed by atoms with Crippen LogP contribution in [0.5, 0.6) is 0 Å². The summed E-state index contributed by atoms with van der Waals surface area (Å²) in [6, 6.07) is 5.53. The number of anilines is 1. The number of hydrogen-bond donors (Lipinski definition) is 1. The Balaban J connectivity index is 2.14. The van der Waals surface area contributed by atoms with Crippen LogP contribution in [0.15, 0.2) is 24.3 Å². The van der Waals surface area contributed by atoms with E-state index in [1.54, 1.807) is 0 Å². The molecule has 0 aliphatic heterocycles. The third-order valence-electron chi connectivity index (χ3n) is 2.88. The predicted molar refractivity (Wildman–Crippen MR) is 63.7 cm³/mol. The smallest absolute Gasteiger partial charge is 0.305 e. The number of carboxylic acid groups (broad SMARTS) is 1. The molecule has 1 aliphatic rings. The number of halogens is 1. The molecule has 1 saturated carbocycles. The molecule has 0 atom stereocenters. The van der Waals surface area contributed by atoms with Crippen molar-refractivity contribution < 1.29 is 19.1 Å². The van der Waals surface area contributed by atoms with Crippen molar-refractivity contribution in [3.63, 3.8) is 0 Å². The van der Waals surface area contributed by atoms with Crippen molar-refractivity contribution in [3.05, 3.63) is 30.1 Å². The van der Waals surface area contributed by atoms with E-state index in [1.807, 2.05) is 0 Å². The SMILES string of the molecule is O=C(O)CCN(C(=O)C1CC1)c1ccc(F)cc1. The molecule has 2 rings (SSSR count). The largest absolute Gasteiger partial charge is 0.481 e. The molecule has 4 nitrogen and oxygen atoms in total. The molecule has 1 N–H and O–H groups in total. The van der Waals surface area contributed by atoms with E-state index >= 15 is 0 Å². The monoisotopic (exact) mass is 251 g/mol. The van der Waals surface area contributed by atoms with Gasteiger partial charge in [-0.2, -0.15) is 0 Å². The Morgan fingerprint density at radius 1 is 1.28 bits per heavy atom. The van der Waals surface area contributed by atoms with Gasteiger partial charge in [0.15, 0.2) is 0 Å². The molecule has 0 unspecified atom stereocenters. The summed E-state index contributed by atoms with van der Waals surface area (Å²) < 4.78 is 12.8. The van der Waals surface area contributed by atoms with Crippen LogP contribution >= 0.6 is 0 Å². The van der Waals surface area contributed by atoms with Crippen molar-refractivity contribution in [1.29, 1.82) is 0 Å². The number of aliphatic carboxylic acids is 1. The summed E-state index contributed by atoms with van der Waals surface area (Å²) in [5, 5.41) is 8.69. The van der Waals surface area contributed by atoms with Crippen LogP contribution in [0.3, 0.4) is 0 Å². The van der Waals surface area contributed by atoms with Gasteiger partial charge in [-0.1, -0.05) is 0 Å². The molecule has 1 aromatic carbocycles. The first-order valence-electron chi connectivity index (χ1n) is 5.86. The minimum atomic E-state index is -0.953. The quantitative estimate of drug-likeness (QED) is 0.871. The molecule has 0 bridgehead atoms. The number of amides is 1. The summed E-state index contributed by atoms with van der Waals surface area (Å²) in [6.07, 6.45) is 1.59. The number of hydrogen-bond acceptors (Lipinski definition) is 2. The molecule has 0 radical (unpaired) electrons. The molecule has 0 saturated heterocycles. The maximum Gasteiger partial charge on any atom is 0.305 e. The first-order chi connectivity index (χ1) is 8.58. The Kier molecular flexibility index (Phi) is 3.60. The fourth-order valence-corrected chi connectivity index (χ4v) is 1.75. The highest BCUT2D eigenvalue weighted by Crippen LogP contribution is 2.32. The lowest BCUT2D eigenvalue weighted by molar-refractivity contribution is -0.136. The number of carboxylic acids is 1. The zero-order valence-corrected chi connectivity index (χ0v) is 9.80. The summed E-state index contributed by atoms with van der Waals surface area (Å²) in [6.45, 7) is 0.121. The van der Waals surface area contributed by atoms with E-state index in [2.05, 4.69) is 0 Å². The number of rotatable bonds is 5. The summed E-state index contributed by atoms with van der Waals surface area (Å²) in [5.74, 6) is -1.40. The van der Waals surface area contributed by atoms with Gasteiger partial charge in [0.25, 0.3) is 0 Å². The van der Waals surface area contributed by atoms with E-state index in [0.29, 0.717) is 5.69 Å². The van der Waals surface area contributed by atoms with E-state index < -0.39 is 5.97 Å². The van der Waals surface area contributed by atoms with Gasteiger partial charge in [-0.3, -0.25) is 9.59 Å². The predicted octanol–water partition coefficient (Wildman–Crippen LogP) is 2.04. The molecule has 0 spiro atoms. The molecule has 1 aliphatic carbocycles. The molecule has 0 aromatic heterocycles. The summed E-state index contributed by atoms with van der Waals surface area (Å²) in [4.78, 5) is 24.1. The van der Waals surface area contributed by atoms with Gasteiger partial charge in [-0.05, 0) is 37.1 Å². The number of carbonyl (C=O) groups is 2. The lowest BCUT2D eigenvalue weighted by Gasteiger charge is -2.22. The average Bonchev–Trinajstić information content (AvgIpc) is 3.15. The maximum atomic E-state index is 12.8. The first-order valence-corrected chi connectivity index (χ1v) is 5.86. The third kappa shape index (κ3) is 3.06. The van der Waals surface area contributed by atoms with Gasteiger partial charge < -0.3 is 10.0 Å². The van der Waals surface area contributed by atoms with E-state index in [-0.39, 0.29) is 30.6 Å². The van der Waals surface area contributed by atoms with E-state index in [1.165, 1.54) is 29.2 Å². The van der Waals surface area contributed by atoms with Crippen LogP contribution in [-0.4, -0.2) is 23.5 Å². The van der Waals surface area contributed by atoms with E-state index in [0.717, 1.165) is 12.8 Å². The topological polar surface area (TPSA) is 57.6 Å². The summed E-state index contributed by atoms with van der Waals surface area (Å²) in [7, 11) is 0. The second-order valence-corrected chi connectivity index (χ2v) is 4.38. The third-order valence-corrected chi connectivity index (χ3v) is 2.88. The molecule has 18 heavy (non-hydrogen) atoms. The minimum absolute atomic E-state index is 0.00356. The van der Waals surface area contributed by atoms with Gasteiger partial charge in [0.05, 0.1) is 6.42 Å². The second kappa shape index (κ2) is 5.16. The Hall–Kier alpha value is -1.91. The van der Waals surface area contributed by atoms with Crippen LogP contribution in [0.4, 0.5) is 10.1 Å². The van der Waals surface area contributed by atoms with Crippen molar-refractivity contribution in [3.8, 4) is 0 Å². The highest BCUT2D eigenvalue weighted by Gasteiger charge is 2.34. The van der Waals surface area contributed by atoms with E-state index in [9.17, 15) is 14.0 Å². The Labute approximate surface area is 104 Å². The van der Waals surface area contributed by atoms with Gasteiger partial charge in [-0.25, -0.2) is 4.39 Å². The highest BCUT2D eigenvalue weighted by atomic mass is 19.1. The zero-order chi connectivity index (χ0) is 13.1. The fourth-order valence-electron chi connectivity index (χ4n) is 1.75. The highest BCUT2D eigenvalue weighted by molar-refractivity contribution is 5.96. The molecule has 1 amide bonds. The Morgan fingerprint density at radius 3 is 2.39 bits per heavy atom.